The van der Waals surface area contributed by atoms with Crippen molar-refractivity contribution >= 4 is 34.5 Å². The number of imide groups is 2. The number of aromatic nitrogens is 3. The summed E-state index contributed by atoms with van der Waals surface area (Å²) in [5.74, 6) is -1.61. The summed E-state index contributed by atoms with van der Waals surface area (Å²) >= 11 is 0. The zero-order valence-electron chi connectivity index (χ0n) is 17.7. The van der Waals surface area contributed by atoms with Crippen LogP contribution in [0.2, 0.25) is 0 Å². The quantitative estimate of drug-likeness (QED) is 0.518. The summed E-state index contributed by atoms with van der Waals surface area (Å²) in [7, 11) is 1.78. The van der Waals surface area contributed by atoms with E-state index in [2.05, 4.69) is 20.8 Å². The van der Waals surface area contributed by atoms with Crippen LogP contribution in [0.5, 0.6) is 0 Å². The van der Waals surface area contributed by atoms with E-state index in [0.29, 0.717) is 22.5 Å². The van der Waals surface area contributed by atoms with Crippen LogP contribution in [-0.2, 0) is 27.8 Å². The van der Waals surface area contributed by atoms with Crippen molar-refractivity contribution < 1.29 is 28.0 Å². The van der Waals surface area contributed by atoms with Crippen molar-refractivity contribution in [2.24, 2.45) is 12.5 Å². The molecule has 0 aliphatic carbocycles. The zero-order valence-corrected chi connectivity index (χ0v) is 17.7. The molecule has 11 nitrogen and oxygen atoms in total. The highest BCUT2D eigenvalue weighted by atomic mass is 19.1. The molecular formula is C21H19FN6O5. The molecular weight excluding hydrogens is 435 g/mol. The number of nitrogens with one attached hydrogen (secondary N) is 2. The molecule has 12 heteroatoms. The molecule has 2 saturated heterocycles. The molecule has 4 amide bonds. The maximum absolute atomic E-state index is 15.9. The number of anilines is 1. The Hall–Kier alpha value is -3.80. The Morgan fingerprint density at radius 2 is 2.00 bits per heavy atom. The minimum atomic E-state index is -1.68. The normalized spacial score (nSPS) is 24.0. The van der Waals surface area contributed by atoms with Crippen LogP contribution in [-0.4, -0.2) is 57.9 Å². The molecule has 2 aromatic heterocycles. The van der Waals surface area contributed by atoms with Gasteiger partial charge in [0.25, 0.3) is 0 Å². The van der Waals surface area contributed by atoms with Crippen LogP contribution in [0.4, 0.5) is 14.9 Å². The molecule has 1 aromatic carbocycles. The maximum atomic E-state index is 15.9. The average Bonchev–Trinajstić information content (AvgIpc) is 3.37. The zero-order chi connectivity index (χ0) is 23.1. The van der Waals surface area contributed by atoms with Crippen molar-refractivity contribution in [3.63, 3.8) is 0 Å². The number of morpholine rings is 1. The van der Waals surface area contributed by atoms with Crippen LogP contribution in [0.1, 0.15) is 12.5 Å². The van der Waals surface area contributed by atoms with Gasteiger partial charge in [-0.05, 0) is 18.6 Å². The lowest BCUT2D eigenvalue weighted by Gasteiger charge is -2.54. The first-order chi connectivity index (χ1) is 15.8. The molecule has 3 aromatic rings. The molecule has 3 aliphatic rings. The number of carbonyl (C=O) groups is 3. The van der Waals surface area contributed by atoms with Crippen molar-refractivity contribution in [3.8, 4) is 11.5 Å². The van der Waals surface area contributed by atoms with Crippen molar-refractivity contribution in [2.45, 2.75) is 25.5 Å². The summed E-state index contributed by atoms with van der Waals surface area (Å²) in [6, 6.07) is -0.0191. The molecule has 1 spiro atoms. The van der Waals surface area contributed by atoms with Crippen LogP contribution in [0, 0.1) is 11.2 Å². The van der Waals surface area contributed by atoms with Gasteiger partial charge in [-0.1, -0.05) is 5.16 Å². The molecule has 0 bridgehead atoms. The van der Waals surface area contributed by atoms with Crippen LogP contribution >= 0.6 is 0 Å². The molecule has 3 aliphatic heterocycles. The van der Waals surface area contributed by atoms with Gasteiger partial charge >= 0.3 is 6.03 Å². The van der Waals surface area contributed by atoms with E-state index in [0.717, 1.165) is 0 Å². The van der Waals surface area contributed by atoms with Gasteiger partial charge in [0, 0.05) is 32.4 Å². The number of hydrogen-bond acceptors (Lipinski definition) is 8. The van der Waals surface area contributed by atoms with Gasteiger partial charge in [-0.2, -0.15) is 0 Å². The summed E-state index contributed by atoms with van der Waals surface area (Å²) in [6.45, 7) is 2.26. The number of barbiturate groups is 1. The summed E-state index contributed by atoms with van der Waals surface area (Å²) in [5.41, 5.74) is -0.690. The fraction of sp³-hybridized carbons (Fsp3) is 0.381. The van der Waals surface area contributed by atoms with E-state index < -0.39 is 41.2 Å². The smallest absolute Gasteiger partial charge is 0.328 e. The van der Waals surface area contributed by atoms with Crippen LogP contribution in [0.15, 0.2) is 23.0 Å². The van der Waals surface area contributed by atoms with E-state index in [1.165, 1.54) is 0 Å². The number of aryl methyl sites for hydroxylation is 1. The maximum Gasteiger partial charge on any atom is 0.328 e. The van der Waals surface area contributed by atoms with Crippen molar-refractivity contribution in [1.29, 1.82) is 0 Å². The number of benzene rings is 1. The number of amides is 4. The molecule has 0 saturated carbocycles. The number of halogens is 1. The van der Waals surface area contributed by atoms with Crippen LogP contribution < -0.4 is 15.5 Å². The number of urea groups is 1. The van der Waals surface area contributed by atoms with E-state index in [-0.39, 0.29) is 30.8 Å². The molecule has 2 fully saturated rings. The third kappa shape index (κ3) is 2.49. The average molecular weight is 454 g/mol. The molecule has 2 atom stereocenters. The van der Waals surface area contributed by atoms with Gasteiger partial charge in [-0.15, -0.1) is 0 Å². The van der Waals surface area contributed by atoms with Gasteiger partial charge in [0.1, 0.15) is 0 Å². The second kappa shape index (κ2) is 6.61. The molecule has 6 rings (SSSR count). The standard InChI is InChI=1S/C21H19FN6O5/c1-9-16-21(18(29)24-20(31)25-19(21)30)8-10-7-11-13(17-23-3-4-27(17)2)26-33-15(11)12(22)14(10)28(16)5-6-32-9/h3-4,7,9,16H,5-6,8H2,1-2H3,(H2,24,25,29,30,31)/t9-,16+/m0/s1. The van der Waals surface area contributed by atoms with Gasteiger partial charge in [-0.3, -0.25) is 20.2 Å². The largest absolute Gasteiger partial charge is 0.374 e. The molecule has 0 radical (unpaired) electrons. The number of ether oxygens (including phenoxy) is 1. The van der Waals surface area contributed by atoms with Crippen molar-refractivity contribution in [3.05, 3.63) is 29.8 Å². The second-order valence-corrected chi connectivity index (χ2v) is 8.57. The summed E-state index contributed by atoms with van der Waals surface area (Å²) in [6.07, 6.45) is 2.62. The monoisotopic (exact) mass is 454 g/mol. The second-order valence-electron chi connectivity index (χ2n) is 8.57. The fourth-order valence-corrected chi connectivity index (χ4v) is 5.42. The lowest BCUT2D eigenvalue weighted by molar-refractivity contribution is -0.151. The van der Waals surface area contributed by atoms with Gasteiger partial charge in [0.15, 0.2) is 22.8 Å². The number of carbonyl (C=O) groups excluding carboxylic acids is 3. The van der Waals surface area contributed by atoms with E-state index >= 15 is 4.39 Å². The molecule has 170 valence electrons. The van der Waals surface area contributed by atoms with E-state index in [1.54, 1.807) is 41.9 Å². The first-order valence-electron chi connectivity index (χ1n) is 10.5. The van der Waals surface area contributed by atoms with Gasteiger partial charge in [-0.25, -0.2) is 14.2 Å². The highest BCUT2D eigenvalue weighted by molar-refractivity contribution is 6.20. The Balaban J connectivity index is 1.61. The SMILES string of the molecule is C[C@@H]1OCCN2c3c(cc4c(-c5nccn5C)noc4c3F)CC3(C(=O)NC(=O)NC3=O)[C@@H]12. The molecule has 0 unspecified atom stereocenters. The van der Waals surface area contributed by atoms with Crippen molar-refractivity contribution in [1.82, 2.24) is 25.3 Å². The topological polar surface area (TPSA) is 132 Å². The number of fused-ring (bicyclic) bond motifs is 5. The van der Waals surface area contributed by atoms with E-state index in [9.17, 15) is 14.4 Å². The minimum absolute atomic E-state index is 0.0340. The molecule has 5 heterocycles. The van der Waals surface area contributed by atoms with Gasteiger partial charge in [0.2, 0.25) is 17.4 Å². The number of rotatable bonds is 1. The lowest BCUT2D eigenvalue weighted by atomic mass is 9.66. The first kappa shape index (κ1) is 19.9. The van der Waals surface area contributed by atoms with Gasteiger partial charge < -0.3 is 18.7 Å². The lowest BCUT2D eigenvalue weighted by Crippen LogP contribution is -2.74. The highest BCUT2D eigenvalue weighted by Gasteiger charge is 2.62. The summed E-state index contributed by atoms with van der Waals surface area (Å²) in [5, 5.41) is 8.85. The van der Waals surface area contributed by atoms with E-state index in [4.69, 9.17) is 9.26 Å². The fourth-order valence-electron chi connectivity index (χ4n) is 5.42. The Morgan fingerprint density at radius 1 is 1.24 bits per heavy atom. The first-order valence-corrected chi connectivity index (χ1v) is 10.5. The highest BCUT2D eigenvalue weighted by Crippen LogP contribution is 2.49. The predicted molar refractivity (Wildman–Crippen MR) is 111 cm³/mol. The third-order valence-corrected chi connectivity index (χ3v) is 6.81. The Morgan fingerprint density at radius 3 is 2.70 bits per heavy atom. The van der Waals surface area contributed by atoms with Crippen LogP contribution in [0.3, 0.4) is 0 Å². The third-order valence-electron chi connectivity index (χ3n) is 6.81. The van der Waals surface area contributed by atoms with Crippen molar-refractivity contribution in [2.75, 3.05) is 18.1 Å². The predicted octanol–water partition coefficient (Wildman–Crippen LogP) is 0.870. The Bertz CT molecular complexity index is 1340. The van der Waals surface area contributed by atoms with Crippen LogP contribution in [0.25, 0.3) is 22.5 Å². The summed E-state index contributed by atoms with van der Waals surface area (Å²) in [4.78, 5) is 44.1. The Labute approximate surface area is 185 Å². The number of imidazole rings is 1. The number of nitrogens with zero attached hydrogens (tertiary/aromatic N) is 4. The molecule has 2 N–H and O–H groups in total. The summed E-state index contributed by atoms with van der Waals surface area (Å²) < 4.78 is 28.8. The van der Waals surface area contributed by atoms with Gasteiger partial charge in [0.05, 0.1) is 29.8 Å². The Kier molecular flexibility index (Phi) is 3.97. The van der Waals surface area contributed by atoms with E-state index in [1.807, 2.05) is 0 Å². The molecule has 33 heavy (non-hydrogen) atoms. The number of hydrogen-bond donors (Lipinski definition) is 2. The minimum Gasteiger partial charge on any atom is -0.374 e.